The summed E-state index contributed by atoms with van der Waals surface area (Å²) in [6.07, 6.45) is 0.00804. The number of sulfonamides is 1. The lowest BCUT2D eigenvalue weighted by Crippen LogP contribution is -2.22. The number of nitrogens with zero attached hydrogens (tertiary/aromatic N) is 2. The van der Waals surface area contributed by atoms with Crippen LogP contribution in [0.1, 0.15) is 5.69 Å². The molecule has 0 saturated carbocycles. The molecule has 0 spiro atoms. The molecule has 3 aromatic rings. The van der Waals surface area contributed by atoms with Gasteiger partial charge in [0.25, 0.3) is 0 Å². The molecule has 0 fully saturated rings. The molecule has 2 aromatic carbocycles. The Morgan fingerprint density at radius 1 is 1.07 bits per heavy atom. The molecule has 9 heteroatoms. The summed E-state index contributed by atoms with van der Waals surface area (Å²) in [5.41, 5.74) is 1.15. The van der Waals surface area contributed by atoms with E-state index in [0.29, 0.717) is 17.0 Å². The van der Waals surface area contributed by atoms with Crippen molar-refractivity contribution >= 4 is 27.0 Å². The van der Waals surface area contributed by atoms with Crippen molar-refractivity contribution in [1.82, 2.24) is 9.46 Å². The number of esters is 1. The van der Waals surface area contributed by atoms with Gasteiger partial charge in [-0.1, -0.05) is 17.3 Å². The number of carbonyl (C=O) groups excluding carboxylic acids is 1. The van der Waals surface area contributed by atoms with E-state index >= 15 is 0 Å². The fourth-order valence-electron chi connectivity index (χ4n) is 2.49. The van der Waals surface area contributed by atoms with Gasteiger partial charge in [0.15, 0.2) is 5.58 Å². The average Bonchev–Trinajstić information content (AvgIpc) is 3.08. The number of benzene rings is 2. The van der Waals surface area contributed by atoms with E-state index in [1.165, 1.54) is 26.2 Å². The van der Waals surface area contributed by atoms with Gasteiger partial charge in [0.2, 0.25) is 10.0 Å². The molecular formula is C19H20N2O6S. The number of aromatic nitrogens is 1. The zero-order valence-electron chi connectivity index (χ0n) is 15.5. The Bertz CT molecular complexity index is 1060. The van der Waals surface area contributed by atoms with E-state index in [2.05, 4.69) is 5.16 Å². The number of para-hydroxylation sites is 1. The van der Waals surface area contributed by atoms with Gasteiger partial charge in [-0.2, -0.15) is 0 Å². The predicted octanol–water partition coefficient (Wildman–Crippen LogP) is 2.24. The maximum atomic E-state index is 12.0. The summed E-state index contributed by atoms with van der Waals surface area (Å²) in [4.78, 5) is 12.1. The van der Waals surface area contributed by atoms with Gasteiger partial charge in [-0.05, 0) is 36.4 Å². The molecule has 148 valence electrons. The van der Waals surface area contributed by atoms with Crippen LogP contribution in [0.5, 0.6) is 5.75 Å². The van der Waals surface area contributed by atoms with Crippen molar-refractivity contribution in [3.63, 3.8) is 0 Å². The van der Waals surface area contributed by atoms with Crippen LogP contribution in [0.3, 0.4) is 0 Å². The standard InChI is InChI=1S/C19H20N2O6S/c1-21(2)28(23,24)15-9-7-14(8-10-15)25-11-12-26-19(22)13-17-16-5-3-4-6-18(16)27-20-17/h3-10H,11-13H2,1-2H3. The van der Waals surface area contributed by atoms with E-state index in [-0.39, 0.29) is 24.5 Å². The maximum Gasteiger partial charge on any atom is 0.312 e. The van der Waals surface area contributed by atoms with Crippen molar-refractivity contribution < 1.29 is 27.2 Å². The van der Waals surface area contributed by atoms with Crippen LogP contribution < -0.4 is 4.74 Å². The molecule has 0 N–H and O–H groups in total. The van der Waals surface area contributed by atoms with E-state index in [1.54, 1.807) is 18.2 Å². The quantitative estimate of drug-likeness (QED) is 0.419. The topological polar surface area (TPSA) is 98.9 Å². The third-order valence-electron chi connectivity index (χ3n) is 3.98. The van der Waals surface area contributed by atoms with Crippen LogP contribution in [0.4, 0.5) is 0 Å². The van der Waals surface area contributed by atoms with Crippen LogP contribution in [0.2, 0.25) is 0 Å². The van der Waals surface area contributed by atoms with Gasteiger partial charge in [-0.3, -0.25) is 4.79 Å². The minimum atomic E-state index is -3.48. The van der Waals surface area contributed by atoms with Crippen molar-refractivity contribution in [2.45, 2.75) is 11.3 Å². The van der Waals surface area contributed by atoms with Gasteiger partial charge in [-0.25, -0.2) is 12.7 Å². The average molecular weight is 404 g/mol. The molecule has 1 heterocycles. The third kappa shape index (κ3) is 4.49. The fraction of sp³-hybridized carbons (Fsp3) is 0.263. The molecule has 0 unspecified atom stereocenters. The fourth-order valence-corrected chi connectivity index (χ4v) is 3.39. The molecule has 0 saturated heterocycles. The summed E-state index contributed by atoms with van der Waals surface area (Å²) in [5.74, 6) is 0.0475. The number of carbonyl (C=O) groups is 1. The van der Waals surface area contributed by atoms with Crippen LogP contribution in [0.25, 0.3) is 11.0 Å². The summed E-state index contributed by atoms with van der Waals surface area (Å²) in [7, 11) is -0.539. The highest BCUT2D eigenvalue weighted by atomic mass is 32.2. The van der Waals surface area contributed by atoms with Crippen LogP contribution in [0.15, 0.2) is 57.9 Å². The summed E-state index contributed by atoms with van der Waals surface area (Å²) < 4.78 is 40.9. The van der Waals surface area contributed by atoms with Crippen molar-refractivity contribution in [1.29, 1.82) is 0 Å². The number of hydrogen-bond acceptors (Lipinski definition) is 7. The second-order valence-electron chi connectivity index (χ2n) is 6.13. The minimum Gasteiger partial charge on any atom is -0.490 e. The van der Waals surface area contributed by atoms with E-state index in [1.807, 2.05) is 18.2 Å². The zero-order valence-corrected chi connectivity index (χ0v) is 16.3. The molecule has 1 aromatic heterocycles. The maximum absolute atomic E-state index is 12.0. The van der Waals surface area contributed by atoms with E-state index < -0.39 is 16.0 Å². The third-order valence-corrected chi connectivity index (χ3v) is 5.81. The Balaban J connectivity index is 1.46. The Morgan fingerprint density at radius 3 is 2.50 bits per heavy atom. The minimum absolute atomic E-state index is 0.00804. The zero-order chi connectivity index (χ0) is 20.1. The van der Waals surface area contributed by atoms with Crippen molar-refractivity contribution in [3.05, 3.63) is 54.2 Å². The van der Waals surface area contributed by atoms with E-state index in [0.717, 1.165) is 9.69 Å². The van der Waals surface area contributed by atoms with Gasteiger partial charge in [0, 0.05) is 19.5 Å². The van der Waals surface area contributed by atoms with Crippen molar-refractivity contribution in [2.75, 3.05) is 27.3 Å². The second-order valence-corrected chi connectivity index (χ2v) is 8.28. The van der Waals surface area contributed by atoms with Crippen LogP contribution in [-0.2, 0) is 26.0 Å². The van der Waals surface area contributed by atoms with Gasteiger partial charge in [0.1, 0.15) is 24.7 Å². The Hall–Kier alpha value is -2.91. The smallest absolute Gasteiger partial charge is 0.312 e. The van der Waals surface area contributed by atoms with E-state index in [4.69, 9.17) is 14.0 Å². The van der Waals surface area contributed by atoms with Gasteiger partial charge >= 0.3 is 5.97 Å². The molecule has 0 aliphatic carbocycles. The molecule has 0 amide bonds. The summed E-state index contributed by atoms with van der Waals surface area (Å²) in [6, 6.07) is 13.3. The number of fused-ring (bicyclic) bond motifs is 1. The highest BCUT2D eigenvalue weighted by Crippen LogP contribution is 2.19. The normalized spacial score (nSPS) is 11.7. The highest BCUT2D eigenvalue weighted by molar-refractivity contribution is 7.89. The lowest BCUT2D eigenvalue weighted by molar-refractivity contribution is -0.143. The lowest BCUT2D eigenvalue weighted by atomic mass is 10.2. The first-order valence-corrected chi connectivity index (χ1v) is 9.96. The summed E-state index contributed by atoms with van der Waals surface area (Å²) in [5, 5.41) is 4.67. The van der Waals surface area contributed by atoms with Crippen LogP contribution in [-0.4, -0.2) is 51.2 Å². The second kappa shape index (κ2) is 8.41. The first kappa shape index (κ1) is 19.8. The van der Waals surface area contributed by atoms with Gasteiger partial charge in [0.05, 0.1) is 11.3 Å². The molecule has 28 heavy (non-hydrogen) atoms. The Labute approximate surface area is 162 Å². The first-order valence-electron chi connectivity index (χ1n) is 8.52. The monoisotopic (exact) mass is 404 g/mol. The van der Waals surface area contributed by atoms with Gasteiger partial charge < -0.3 is 14.0 Å². The Morgan fingerprint density at radius 2 is 1.79 bits per heavy atom. The molecule has 3 rings (SSSR count). The summed E-state index contributed by atoms with van der Waals surface area (Å²) in [6.45, 7) is 0.206. The predicted molar refractivity (Wildman–Crippen MR) is 101 cm³/mol. The molecule has 0 radical (unpaired) electrons. The summed E-state index contributed by atoms with van der Waals surface area (Å²) >= 11 is 0. The van der Waals surface area contributed by atoms with Crippen molar-refractivity contribution in [2.24, 2.45) is 0 Å². The van der Waals surface area contributed by atoms with Crippen LogP contribution in [0, 0.1) is 0 Å². The van der Waals surface area contributed by atoms with E-state index in [9.17, 15) is 13.2 Å². The molecule has 0 aliphatic rings. The number of rotatable bonds is 8. The molecule has 0 aliphatic heterocycles. The lowest BCUT2D eigenvalue weighted by Gasteiger charge is -2.12. The molecule has 0 atom stereocenters. The highest BCUT2D eigenvalue weighted by Gasteiger charge is 2.17. The molecular weight excluding hydrogens is 384 g/mol. The number of ether oxygens (including phenoxy) is 2. The van der Waals surface area contributed by atoms with Gasteiger partial charge in [-0.15, -0.1) is 0 Å². The van der Waals surface area contributed by atoms with Crippen molar-refractivity contribution in [3.8, 4) is 5.75 Å². The SMILES string of the molecule is CN(C)S(=O)(=O)c1ccc(OCCOC(=O)Cc2noc3ccccc23)cc1. The number of hydrogen-bond donors (Lipinski definition) is 0. The largest absolute Gasteiger partial charge is 0.490 e. The van der Waals surface area contributed by atoms with Crippen LogP contribution >= 0.6 is 0 Å². The Kier molecular flexibility index (Phi) is 5.96. The first-order chi connectivity index (χ1) is 13.4. The molecule has 0 bridgehead atoms. The molecule has 8 nitrogen and oxygen atoms in total.